The van der Waals surface area contributed by atoms with Gasteiger partial charge >= 0.3 is 0 Å². The molecule has 0 saturated heterocycles. The highest BCUT2D eigenvalue weighted by atomic mass is 32.2. The van der Waals surface area contributed by atoms with Crippen LogP contribution in [0, 0.1) is 32.4 Å². The molecular weight excluding hydrogens is 438 g/mol. The Balaban J connectivity index is 1.87. The molecule has 0 aromatic heterocycles. The summed E-state index contributed by atoms with van der Waals surface area (Å²) in [4.78, 5) is 0. The first kappa shape index (κ1) is 22.1. The largest absolute Gasteiger partial charge is 0.490 e. The van der Waals surface area contributed by atoms with E-state index in [2.05, 4.69) is 43.4 Å². The van der Waals surface area contributed by atoms with E-state index >= 15 is 4.39 Å². The minimum Gasteiger partial charge on any atom is -0.490 e. The fourth-order valence-corrected chi connectivity index (χ4v) is 6.21. The number of fused-ring (bicyclic) bond motifs is 4. The molecular formula is C27H28F2N2OS. The maximum atomic E-state index is 15.3. The first-order valence-electron chi connectivity index (χ1n) is 11.3. The molecule has 0 amide bonds. The number of halogens is 2. The number of nitrogens with zero attached hydrogens (tertiary/aromatic N) is 1. The molecule has 3 aromatic rings. The predicted molar refractivity (Wildman–Crippen MR) is 135 cm³/mol. The van der Waals surface area contributed by atoms with Crippen molar-refractivity contribution in [1.82, 2.24) is 0 Å². The highest BCUT2D eigenvalue weighted by molar-refractivity contribution is 7.99. The van der Waals surface area contributed by atoms with Crippen LogP contribution in [-0.2, 0) is 13.0 Å². The minimum absolute atomic E-state index is 0.472. The van der Waals surface area contributed by atoms with E-state index in [0.717, 1.165) is 69.5 Å². The van der Waals surface area contributed by atoms with E-state index in [9.17, 15) is 4.39 Å². The van der Waals surface area contributed by atoms with Crippen molar-refractivity contribution in [2.45, 2.75) is 40.7 Å². The van der Waals surface area contributed by atoms with Gasteiger partial charge in [-0.25, -0.2) is 8.78 Å². The number of nitrogens with one attached hydrogen (secondary N) is 1. The molecule has 3 aromatic carbocycles. The Morgan fingerprint density at radius 3 is 2.55 bits per heavy atom. The van der Waals surface area contributed by atoms with Gasteiger partial charge in [-0.05, 0) is 78.3 Å². The van der Waals surface area contributed by atoms with Gasteiger partial charge in [0.05, 0.1) is 17.9 Å². The lowest BCUT2D eigenvalue weighted by atomic mass is 9.80. The van der Waals surface area contributed by atoms with Crippen LogP contribution in [0.5, 0.6) is 5.75 Å². The maximum Gasteiger partial charge on any atom is 0.142 e. The Bertz CT molecular complexity index is 1290. The number of benzene rings is 3. The summed E-state index contributed by atoms with van der Waals surface area (Å²) in [5, 5.41) is 3.48. The molecule has 1 N–H and O–H groups in total. The third kappa shape index (κ3) is 3.30. The van der Waals surface area contributed by atoms with Crippen molar-refractivity contribution < 1.29 is 13.5 Å². The first-order valence-corrected chi connectivity index (χ1v) is 12.5. The highest BCUT2D eigenvalue weighted by Gasteiger charge is 2.32. The van der Waals surface area contributed by atoms with Crippen molar-refractivity contribution in [3.63, 3.8) is 0 Å². The molecule has 0 unspecified atom stereocenters. The molecule has 2 aliphatic heterocycles. The van der Waals surface area contributed by atoms with E-state index in [1.165, 1.54) is 11.6 Å². The zero-order valence-corrected chi connectivity index (χ0v) is 20.5. The summed E-state index contributed by atoms with van der Waals surface area (Å²) in [5.41, 5.74) is 11.0. The second-order valence-electron chi connectivity index (χ2n) is 8.71. The molecule has 0 fully saturated rings. The second kappa shape index (κ2) is 8.24. The lowest BCUT2D eigenvalue weighted by Gasteiger charge is -2.36. The van der Waals surface area contributed by atoms with Crippen LogP contribution in [0.2, 0.25) is 0 Å². The van der Waals surface area contributed by atoms with Gasteiger partial charge in [0.15, 0.2) is 0 Å². The molecule has 0 aliphatic carbocycles. The smallest absolute Gasteiger partial charge is 0.142 e. The third-order valence-corrected chi connectivity index (χ3v) is 7.73. The number of anilines is 2. The Kier molecular flexibility index (Phi) is 5.52. The van der Waals surface area contributed by atoms with Gasteiger partial charge in [0.1, 0.15) is 24.0 Å². The molecule has 3 nitrogen and oxygen atoms in total. The van der Waals surface area contributed by atoms with Crippen molar-refractivity contribution in [2.75, 3.05) is 29.0 Å². The Hall–Kier alpha value is -2.73. The minimum atomic E-state index is -0.535. The Morgan fingerprint density at radius 2 is 1.82 bits per heavy atom. The van der Waals surface area contributed by atoms with Gasteiger partial charge in [-0.3, -0.25) is 0 Å². The standard InChI is InChI=1S/C27H28F2N2OS/c1-6-19-15(3)27-24(25-17(13-31(27)33-5)11-18(28)12-21(25)29)16(4)23(19)20-7-8-22-26(14(20)2)30-9-10-32-22/h7-8,11-12,30H,6,9-10,13H2,1-5H3. The maximum absolute atomic E-state index is 15.3. The van der Waals surface area contributed by atoms with Crippen LogP contribution in [-0.4, -0.2) is 19.4 Å². The molecule has 2 heterocycles. The fraction of sp³-hybridized carbons (Fsp3) is 0.333. The van der Waals surface area contributed by atoms with Crippen LogP contribution in [0.15, 0.2) is 24.3 Å². The van der Waals surface area contributed by atoms with Gasteiger partial charge in [-0.1, -0.05) is 24.9 Å². The van der Waals surface area contributed by atoms with Gasteiger partial charge in [0.25, 0.3) is 0 Å². The van der Waals surface area contributed by atoms with Crippen LogP contribution < -0.4 is 14.4 Å². The monoisotopic (exact) mass is 466 g/mol. The van der Waals surface area contributed by atoms with Gasteiger partial charge in [0.2, 0.25) is 0 Å². The summed E-state index contributed by atoms with van der Waals surface area (Å²) in [7, 11) is 0. The number of hydrogen-bond acceptors (Lipinski definition) is 4. The first-order chi connectivity index (χ1) is 15.9. The van der Waals surface area contributed by atoms with Gasteiger partial charge in [-0.15, -0.1) is 0 Å². The predicted octanol–water partition coefficient (Wildman–Crippen LogP) is 7.19. The summed E-state index contributed by atoms with van der Waals surface area (Å²) < 4.78 is 37.4. The quantitative estimate of drug-likeness (QED) is 0.413. The summed E-state index contributed by atoms with van der Waals surface area (Å²) in [6, 6.07) is 6.62. The van der Waals surface area contributed by atoms with Gasteiger partial charge in [0, 0.05) is 30.0 Å². The summed E-state index contributed by atoms with van der Waals surface area (Å²) in [6.45, 7) is 10.4. The lowest BCUT2D eigenvalue weighted by Crippen LogP contribution is -2.23. The summed E-state index contributed by atoms with van der Waals surface area (Å²) in [6.07, 6.45) is 2.87. The SMILES string of the molecule is CCc1c(C)c2c(c(C)c1-c1ccc3c(c1C)NCCO3)-c1c(F)cc(F)cc1CN2SC. The van der Waals surface area contributed by atoms with Crippen molar-refractivity contribution in [1.29, 1.82) is 0 Å². The van der Waals surface area contributed by atoms with Crippen molar-refractivity contribution >= 4 is 23.3 Å². The third-order valence-electron chi connectivity index (χ3n) is 6.98. The Morgan fingerprint density at radius 1 is 1.03 bits per heavy atom. The van der Waals surface area contributed by atoms with Crippen molar-refractivity contribution in [3.8, 4) is 28.0 Å². The van der Waals surface area contributed by atoms with E-state index in [0.29, 0.717) is 24.3 Å². The fourth-order valence-electron chi connectivity index (χ4n) is 5.53. The average Bonchev–Trinajstić information content (AvgIpc) is 2.80. The Labute approximate surface area is 198 Å². The van der Waals surface area contributed by atoms with Crippen LogP contribution in [0.25, 0.3) is 22.3 Å². The molecule has 0 radical (unpaired) electrons. The van der Waals surface area contributed by atoms with E-state index in [4.69, 9.17) is 4.74 Å². The summed E-state index contributed by atoms with van der Waals surface area (Å²) in [5.74, 6) is -0.164. The van der Waals surface area contributed by atoms with Crippen molar-refractivity contribution in [2.24, 2.45) is 0 Å². The van der Waals surface area contributed by atoms with E-state index in [1.54, 1.807) is 11.9 Å². The van der Waals surface area contributed by atoms with Crippen LogP contribution in [0.3, 0.4) is 0 Å². The zero-order chi connectivity index (χ0) is 23.4. The second-order valence-corrected chi connectivity index (χ2v) is 9.51. The molecule has 0 atom stereocenters. The molecule has 33 heavy (non-hydrogen) atoms. The molecule has 172 valence electrons. The molecule has 0 bridgehead atoms. The zero-order valence-electron chi connectivity index (χ0n) is 19.7. The van der Waals surface area contributed by atoms with E-state index in [1.807, 2.05) is 12.3 Å². The topological polar surface area (TPSA) is 24.5 Å². The molecule has 0 saturated carbocycles. The van der Waals surface area contributed by atoms with Crippen LogP contribution in [0.1, 0.15) is 34.7 Å². The number of ether oxygens (including phenoxy) is 1. The van der Waals surface area contributed by atoms with Crippen LogP contribution >= 0.6 is 11.9 Å². The normalized spacial score (nSPS) is 14.2. The molecule has 5 rings (SSSR count). The number of hydrogen-bond donors (Lipinski definition) is 1. The van der Waals surface area contributed by atoms with Crippen LogP contribution in [0.4, 0.5) is 20.2 Å². The summed E-state index contributed by atoms with van der Waals surface area (Å²) >= 11 is 1.59. The van der Waals surface area contributed by atoms with E-state index < -0.39 is 11.6 Å². The van der Waals surface area contributed by atoms with Crippen molar-refractivity contribution in [3.05, 3.63) is 63.7 Å². The van der Waals surface area contributed by atoms with Gasteiger partial charge in [-0.2, -0.15) is 0 Å². The molecule has 0 spiro atoms. The van der Waals surface area contributed by atoms with Gasteiger partial charge < -0.3 is 14.4 Å². The van der Waals surface area contributed by atoms with E-state index in [-0.39, 0.29) is 0 Å². The lowest BCUT2D eigenvalue weighted by molar-refractivity contribution is 0.323. The number of rotatable bonds is 3. The molecule has 6 heteroatoms. The highest BCUT2D eigenvalue weighted by Crippen LogP contribution is 2.52. The molecule has 2 aliphatic rings. The average molecular weight is 467 g/mol.